The van der Waals surface area contributed by atoms with E-state index in [1.807, 2.05) is 48.5 Å². The highest BCUT2D eigenvalue weighted by molar-refractivity contribution is 5.48. The number of ether oxygens (including phenoxy) is 4. The van der Waals surface area contributed by atoms with Crippen LogP contribution in [0.3, 0.4) is 0 Å². The second-order valence-corrected chi connectivity index (χ2v) is 5.47. The summed E-state index contributed by atoms with van der Waals surface area (Å²) in [6.45, 7) is 10.6. The van der Waals surface area contributed by atoms with Gasteiger partial charge in [0, 0.05) is 0 Å². The van der Waals surface area contributed by atoms with Gasteiger partial charge in [0.05, 0.1) is 26.4 Å². The van der Waals surface area contributed by atoms with Crippen LogP contribution in [-0.4, -0.2) is 39.6 Å². The van der Waals surface area contributed by atoms with E-state index >= 15 is 0 Å². The molecule has 0 aliphatic heterocycles. The highest BCUT2D eigenvalue weighted by Gasteiger charge is 1.96. The fourth-order valence-corrected chi connectivity index (χ4v) is 2.16. The number of hydrogen-bond acceptors (Lipinski definition) is 4. The van der Waals surface area contributed by atoms with Crippen molar-refractivity contribution in [1.29, 1.82) is 0 Å². The molecule has 0 saturated heterocycles. The molecule has 0 amide bonds. The lowest BCUT2D eigenvalue weighted by Crippen LogP contribution is -2.13. The summed E-state index contributed by atoms with van der Waals surface area (Å²) in [5, 5.41) is 0. The Morgan fingerprint density at radius 3 is 1.23 bits per heavy atom. The smallest absolute Gasteiger partial charge is 0.119 e. The van der Waals surface area contributed by atoms with Crippen molar-refractivity contribution in [1.82, 2.24) is 0 Å². The Kier molecular flexibility index (Phi) is 9.05. The van der Waals surface area contributed by atoms with Gasteiger partial charge in [-0.3, -0.25) is 0 Å². The monoisotopic (exact) mass is 354 g/mol. The molecule has 2 aromatic carbocycles. The third-order valence-electron chi connectivity index (χ3n) is 3.60. The summed E-state index contributed by atoms with van der Waals surface area (Å²) < 4.78 is 22.1. The maximum Gasteiger partial charge on any atom is 0.119 e. The van der Waals surface area contributed by atoms with E-state index in [-0.39, 0.29) is 0 Å². The van der Waals surface area contributed by atoms with Crippen LogP contribution in [-0.2, 0) is 9.47 Å². The lowest BCUT2D eigenvalue weighted by atomic mass is 10.2. The molecule has 0 fully saturated rings. The first-order valence-electron chi connectivity index (χ1n) is 8.68. The zero-order valence-electron chi connectivity index (χ0n) is 15.1. The fourth-order valence-electron chi connectivity index (χ4n) is 2.16. The summed E-state index contributed by atoms with van der Waals surface area (Å²) >= 11 is 0. The topological polar surface area (TPSA) is 36.9 Å². The summed E-state index contributed by atoms with van der Waals surface area (Å²) in [7, 11) is 0. The van der Waals surface area contributed by atoms with Crippen LogP contribution < -0.4 is 9.47 Å². The quantitative estimate of drug-likeness (QED) is 0.498. The predicted octanol–water partition coefficient (Wildman–Crippen LogP) is 4.46. The van der Waals surface area contributed by atoms with E-state index in [0.717, 1.165) is 22.6 Å². The lowest BCUT2D eigenvalue weighted by Gasteiger charge is -2.09. The zero-order chi connectivity index (χ0) is 18.5. The van der Waals surface area contributed by atoms with Gasteiger partial charge in [-0.25, -0.2) is 0 Å². The highest BCUT2D eigenvalue weighted by atomic mass is 16.6. The van der Waals surface area contributed by atoms with Crippen molar-refractivity contribution in [2.24, 2.45) is 0 Å². The van der Waals surface area contributed by atoms with Gasteiger partial charge in [-0.2, -0.15) is 0 Å². The minimum absolute atomic E-state index is 0.511. The van der Waals surface area contributed by atoms with Crippen molar-refractivity contribution in [3.8, 4) is 11.5 Å². The minimum Gasteiger partial charge on any atom is -0.491 e. The third-order valence-corrected chi connectivity index (χ3v) is 3.60. The van der Waals surface area contributed by atoms with E-state index in [0.29, 0.717) is 39.6 Å². The van der Waals surface area contributed by atoms with Crippen molar-refractivity contribution < 1.29 is 18.9 Å². The van der Waals surface area contributed by atoms with Gasteiger partial charge in [-0.05, 0) is 35.4 Å². The summed E-state index contributed by atoms with van der Waals surface area (Å²) in [6, 6.07) is 15.5. The van der Waals surface area contributed by atoms with Gasteiger partial charge < -0.3 is 18.9 Å². The van der Waals surface area contributed by atoms with E-state index in [2.05, 4.69) is 13.2 Å². The molecule has 0 N–H and O–H groups in total. The summed E-state index contributed by atoms with van der Waals surface area (Å²) in [4.78, 5) is 0. The molecule has 0 saturated carbocycles. The Morgan fingerprint density at radius 2 is 0.885 bits per heavy atom. The Balaban J connectivity index is 1.42. The van der Waals surface area contributed by atoms with Crippen LogP contribution in [0.25, 0.3) is 12.2 Å². The molecule has 0 heterocycles. The Bertz CT molecular complexity index is 587. The summed E-state index contributed by atoms with van der Waals surface area (Å²) in [5.74, 6) is 1.66. The van der Waals surface area contributed by atoms with E-state index in [4.69, 9.17) is 18.9 Å². The van der Waals surface area contributed by atoms with Crippen LogP contribution in [0.1, 0.15) is 11.1 Å². The number of rotatable bonds is 13. The molecule has 0 aliphatic carbocycles. The molecule has 2 rings (SSSR count). The molecule has 0 radical (unpaired) electrons. The first-order chi connectivity index (χ1) is 12.8. The SMILES string of the molecule is C=Cc1ccc(OCCOCCOCCOc2ccc(C=C)cc2)cc1. The molecule has 0 aromatic heterocycles. The first kappa shape index (κ1) is 19.8. The van der Waals surface area contributed by atoms with Gasteiger partial charge in [0.2, 0.25) is 0 Å². The molecule has 138 valence electrons. The molecular formula is C22H26O4. The molecule has 0 bridgehead atoms. The van der Waals surface area contributed by atoms with Crippen LogP contribution in [0.15, 0.2) is 61.7 Å². The molecule has 0 atom stereocenters. The zero-order valence-corrected chi connectivity index (χ0v) is 15.1. The van der Waals surface area contributed by atoms with Crippen LogP contribution >= 0.6 is 0 Å². The molecular weight excluding hydrogens is 328 g/mol. The van der Waals surface area contributed by atoms with Gasteiger partial charge >= 0.3 is 0 Å². The van der Waals surface area contributed by atoms with Gasteiger partial charge in [0.25, 0.3) is 0 Å². The lowest BCUT2D eigenvalue weighted by molar-refractivity contribution is 0.0273. The normalized spacial score (nSPS) is 10.3. The maximum atomic E-state index is 5.59. The summed E-state index contributed by atoms with van der Waals surface area (Å²) in [6.07, 6.45) is 3.60. The van der Waals surface area contributed by atoms with Crippen molar-refractivity contribution in [3.05, 3.63) is 72.8 Å². The van der Waals surface area contributed by atoms with E-state index in [1.54, 1.807) is 12.2 Å². The molecule has 4 nitrogen and oxygen atoms in total. The van der Waals surface area contributed by atoms with Crippen LogP contribution in [0, 0.1) is 0 Å². The maximum absolute atomic E-state index is 5.59. The second kappa shape index (κ2) is 11.9. The predicted molar refractivity (Wildman–Crippen MR) is 106 cm³/mol. The van der Waals surface area contributed by atoms with Gasteiger partial charge in [-0.15, -0.1) is 0 Å². The minimum atomic E-state index is 0.511. The molecule has 0 spiro atoms. The first-order valence-corrected chi connectivity index (χ1v) is 8.68. The van der Waals surface area contributed by atoms with Crippen molar-refractivity contribution in [2.75, 3.05) is 39.6 Å². The van der Waals surface area contributed by atoms with Crippen LogP contribution in [0.5, 0.6) is 11.5 Å². The Labute approximate surface area is 155 Å². The van der Waals surface area contributed by atoms with Crippen molar-refractivity contribution >= 4 is 12.2 Å². The van der Waals surface area contributed by atoms with Crippen LogP contribution in [0.4, 0.5) is 0 Å². The molecule has 0 aliphatic rings. The van der Waals surface area contributed by atoms with Gasteiger partial charge in [0.15, 0.2) is 0 Å². The second-order valence-electron chi connectivity index (χ2n) is 5.47. The fraction of sp³-hybridized carbons (Fsp3) is 0.273. The molecule has 4 heteroatoms. The average molecular weight is 354 g/mol. The van der Waals surface area contributed by atoms with Crippen molar-refractivity contribution in [3.63, 3.8) is 0 Å². The van der Waals surface area contributed by atoms with Gasteiger partial charge in [-0.1, -0.05) is 49.6 Å². The largest absolute Gasteiger partial charge is 0.491 e. The molecule has 26 heavy (non-hydrogen) atoms. The molecule has 0 unspecified atom stereocenters. The molecule has 2 aromatic rings. The van der Waals surface area contributed by atoms with Gasteiger partial charge in [0.1, 0.15) is 24.7 Å². The van der Waals surface area contributed by atoms with E-state index in [9.17, 15) is 0 Å². The highest BCUT2D eigenvalue weighted by Crippen LogP contribution is 2.13. The van der Waals surface area contributed by atoms with E-state index < -0.39 is 0 Å². The summed E-state index contributed by atoms with van der Waals surface area (Å²) in [5.41, 5.74) is 2.15. The average Bonchev–Trinajstić information content (AvgIpc) is 2.70. The number of benzene rings is 2. The Morgan fingerprint density at radius 1 is 0.538 bits per heavy atom. The van der Waals surface area contributed by atoms with E-state index in [1.165, 1.54) is 0 Å². The number of hydrogen-bond donors (Lipinski definition) is 0. The van der Waals surface area contributed by atoms with Crippen molar-refractivity contribution in [2.45, 2.75) is 0 Å². The Hall–Kier alpha value is -2.56. The standard InChI is InChI=1S/C22H26O4/c1-3-19-5-9-21(10-6-19)25-17-15-23-13-14-24-16-18-26-22-11-7-20(4-2)8-12-22/h3-12H,1-2,13-18H2. The van der Waals surface area contributed by atoms with Crippen LogP contribution in [0.2, 0.25) is 0 Å². The third kappa shape index (κ3) is 7.55.